The van der Waals surface area contributed by atoms with Gasteiger partial charge in [-0.25, -0.2) is 4.79 Å². The van der Waals surface area contributed by atoms with Crippen molar-refractivity contribution in [1.82, 2.24) is 14.5 Å². The van der Waals surface area contributed by atoms with Crippen molar-refractivity contribution in [2.45, 2.75) is 38.3 Å². The molecule has 0 amide bonds. The highest BCUT2D eigenvalue weighted by molar-refractivity contribution is 6.01. The number of carbonyl (C=O) groups excluding carboxylic acids is 1. The van der Waals surface area contributed by atoms with E-state index in [1.165, 1.54) is 4.57 Å². The van der Waals surface area contributed by atoms with E-state index in [1.807, 2.05) is 11.8 Å². The second-order valence-corrected chi connectivity index (χ2v) is 6.47. The zero-order valence-electron chi connectivity index (χ0n) is 13.1. The first-order chi connectivity index (χ1) is 10.9. The number of anilines is 1. The van der Waals surface area contributed by atoms with Crippen molar-refractivity contribution in [3.05, 3.63) is 26.4 Å². The fourth-order valence-corrected chi connectivity index (χ4v) is 3.28. The zero-order chi connectivity index (χ0) is 16.7. The number of likely N-dealkylation sites (tertiary alicyclic amines) is 1. The van der Waals surface area contributed by atoms with Gasteiger partial charge in [0.1, 0.15) is 11.4 Å². The Bertz CT molecular complexity index is 734. The Labute approximate surface area is 132 Å². The van der Waals surface area contributed by atoms with Gasteiger partial charge in [0, 0.05) is 19.1 Å². The summed E-state index contributed by atoms with van der Waals surface area (Å²) in [6, 6.07) is -0.0241. The molecule has 1 saturated heterocycles. The SMILES string of the molecule is CCC1CN(CC(=O)c2c(N)n(C3CC3)c(=O)[nH]c2=O)CC1O. The first-order valence-corrected chi connectivity index (χ1v) is 8.00. The summed E-state index contributed by atoms with van der Waals surface area (Å²) in [6.07, 6.45) is 2.02. The van der Waals surface area contributed by atoms with Crippen molar-refractivity contribution in [3.8, 4) is 0 Å². The number of carbonyl (C=O) groups is 1. The molecule has 2 fully saturated rings. The zero-order valence-corrected chi connectivity index (χ0v) is 13.1. The highest BCUT2D eigenvalue weighted by Crippen LogP contribution is 2.35. The lowest BCUT2D eigenvalue weighted by Crippen LogP contribution is -2.38. The van der Waals surface area contributed by atoms with E-state index >= 15 is 0 Å². The molecule has 1 aromatic heterocycles. The summed E-state index contributed by atoms with van der Waals surface area (Å²) in [5, 5.41) is 9.92. The lowest BCUT2D eigenvalue weighted by molar-refractivity contribution is 0.0933. The van der Waals surface area contributed by atoms with E-state index in [1.54, 1.807) is 0 Å². The normalized spacial score (nSPS) is 25.0. The molecule has 1 aliphatic carbocycles. The third kappa shape index (κ3) is 2.96. The Hall–Kier alpha value is -1.93. The molecule has 4 N–H and O–H groups in total. The Balaban J connectivity index is 1.84. The number of β-amino-alcohol motifs (C(OH)–C–C–N with tert-alkyl or cyclic N) is 1. The number of nitrogen functional groups attached to an aromatic ring is 1. The van der Waals surface area contributed by atoms with E-state index in [-0.39, 0.29) is 29.9 Å². The molecule has 2 unspecified atom stereocenters. The Morgan fingerprint density at radius 3 is 2.61 bits per heavy atom. The standard InChI is InChI=1S/C15H22N4O4/c1-2-8-5-18(6-10(8)20)7-11(21)12-13(16)19(9-3-4-9)15(23)17-14(12)22/h8-10,20H,2-7,16H2,1H3,(H,17,22,23). The van der Waals surface area contributed by atoms with Crippen LogP contribution in [0, 0.1) is 5.92 Å². The van der Waals surface area contributed by atoms with Crippen molar-refractivity contribution in [2.24, 2.45) is 5.92 Å². The van der Waals surface area contributed by atoms with E-state index in [2.05, 4.69) is 4.98 Å². The van der Waals surface area contributed by atoms with Gasteiger partial charge in [-0.3, -0.25) is 24.0 Å². The first kappa shape index (κ1) is 15.9. The van der Waals surface area contributed by atoms with Gasteiger partial charge < -0.3 is 10.8 Å². The molecular formula is C15H22N4O4. The maximum Gasteiger partial charge on any atom is 0.330 e. The fraction of sp³-hybridized carbons (Fsp3) is 0.667. The topological polar surface area (TPSA) is 121 Å². The number of Topliss-reactive ketones (excluding diaryl/α,β-unsaturated/α-hetero) is 1. The summed E-state index contributed by atoms with van der Waals surface area (Å²) < 4.78 is 1.31. The quantitative estimate of drug-likeness (QED) is 0.619. The number of aliphatic hydroxyl groups is 1. The minimum Gasteiger partial charge on any atom is -0.391 e. The summed E-state index contributed by atoms with van der Waals surface area (Å²) in [6.45, 7) is 3.03. The Morgan fingerprint density at radius 1 is 1.35 bits per heavy atom. The summed E-state index contributed by atoms with van der Waals surface area (Å²) in [7, 11) is 0. The monoisotopic (exact) mass is 322 g/mol. The lowest BCUT2D eigenvalue weighted by Gasteiger charge is -2.16. The van der Waals surface area contributed by atoms with Crippen LogP contribution in [0.25, 0.3) is 0 Å². The molecule has 126 valence electrons. The number of nitrogens with zero attached hydrogens (tertiary/aromatic N) is 2. The molecule has 2 atom stereocenters. The molecule has 0 radical (unpaired) electrons. The van der Waals surface area contributed by atoms with Gasteiger partial charge in [-0.2, -0.15) is 0 Å². The van der Waals surface area contributed by atoms with Gasteiger partial charge >= 0.3 is 5.69 Å². The van der Waals surface area contributed by atoms with Crippen LogP contribution in [0.1, 0.15) is 42.6 Å². The number of nitrogens with one attached hydrogen (secondary N) is 1. The molecular weight excluding hydrogens is 300 g/mol. The van der Waals surface area contributed by atoms with Crippen LogP contribution in [0.5, 0.6) is 0 Å². The van der Waals surface area contributed by atoms with Crippen molar-refractivity contribution in [1.29, 1.82) is 0 Å². The number of ketones is 1. The molecule has 2 heterocycles. The number of hydrogen-bond acceptors (Lipinski definition) is 6. The van der Waals surface area contributed by atoms with Gasteiger partial charge in [0.05, 0.1) is 12.6 Å². The van der Waals surface area contributed by atoms with Gasteiger partial charge in [0.15, 0.2) is 5.78 Å². The van der Waals surface area contributed by atoms with Crippen LogP contribution in [0.15, 0.2) is 9.59 Å². The summed E-state index contributed by atoms with van der Waals surface area (Å²) in [4.78, 5) is 40.4. The van der Waals surface area contributed by atoms with Gasteiger partial charge in [0.25, 0.3) is 5.56 Å². The minimum absolute atomic E-state index is 0.0176. The smallest absolute Gasteiger partial charge is 0.330 e. The van der Waals surface area contributed by atoms with E-state index in [9.17, 15) is 19.5 Å². The van der Waals surface area contributed by atoms with Crippen LogP contribution in [-0.2, 0) is 0 Å². The van der Waals surface area contributed by atoms with E-state index in [0.29, 0.717) is 13.1 Å². The maximum absolute atomic E-state index is 12.5. The molecule has 1 aromatic rings. The fourth-order valence-electron chi connectivity index (χ4n) is 3.28. The van der Waals surface area contributed by atoms with Crippen LogP contribution in [0.2, 0.25) is 0 Å². The second kappa shape index (κ2) is 5.93. The molecule has 2 aliphatic rings. The van der Waals surface area contributed by atoms with Gasteiger partial charge in [-0.15, -0.1) is 0 Å². The molecule has 8 nitrogen and oxygen atoms in total. The Morgan fingerprint density at radius 2 is 2.04 bits per heavy atom. The average molecular weight is 322 g/mol. The second-order valence-electron chi connectivity index (χ2n) is 6.47. The van der Waals surface area contributed by atoms with Crippen molar-refractivity contribution >= 4 is 11.6 Å². The van der Waals surface area contributed by atoms with Crippen molar-refractivity contribution < 1.29 is 9.90 Å². The van der Waals surface area contributed by atoms with Crippen LogP contribution in [-0.4, -0.2) is 51.1 Å². The molecule has 8 heteroatoms. The highest BCUT2D eigenvalue weighted by Gasteiger charge is 2.33. The van der Waals surface area contributed by atoms with E-state index in [4.69, 9.17) is 5.73 Å². The molecule has 0 spiro atoms. The van der Waals surface area contributed by atoms with E-state index in [0.717, 1.165) is 19.3 Å². The molecule has 1 saturated carbocycles. The number of aromatic nitrogens is 2. The molecule has 0 bridgehead atoms. The predicted octanol–water partition coefficient (Wildman–Crippen LogP) is -0.661. The largest absolute Gasteiger partial charge is 0.391 e. The van der Waals surface area contributed by atoms with Crippen LogP contribution < -0.4 is 17.0 Å². The third-order valence-electron chi connectivity index (χ3n) is 4.75. The molecule has 3 rings (SSSR count). The summed E-state index contributed by atoms with van der Waals surface area (Å²) >= 11 is 0. The summed E-state index contributed by atoms with van der Waals surface area (Å²) in [5.74, 6) is -0.320. The number of rotatable bonds is 5. The molecule has 23 heavy (non-hydrogen) atoms. The average Bonchev–Trinajstić information content (AvgIpc) is 3.22. The summed E-state index contributed by atoms with van der Waals surface area (Å²) in [5.41, 5.74) is 4.49. The predicted molar refractivity (Wildman–Crippen MR) is 84.6 cm³/mol. The van der Waals surface area contributed by atoms with Gasteiger partial charge in [0.2, 0.25) is 0 Å². The van der Waals surface area contributed by atoms with Gasteiger partial charge in [-0.1, -0.05) is 6.92 Å². The first-order valence-electron chi connectivity index (χ1n) is 8.00. The van der Waals surface area contributed by atoms with E-state index < -0.39 is 23.1 Å². The number of nitrogens with two attached hydrogens (primary N) is 1. The number of hydrogen-bond donors (Lipinski definition) is 3. The lowest BCUT2D eigenvalue weighted by atomic mass is 10.0. The number of aromatic amines is 1. The van der Waals surface area contributed by atoms with Crippen LogP contribution >= 0.6 is 0 Å². The minimum atomic E-state index is -0.735. The number of aliphatic hydroxyl groups excluding tert-OH is 1. The van der Waals surface area contributed by atoms with Gasteiger partial charge in [-0.05, 0) is 25.2 Å². The third-order valence-corrected chi connectivity index (χ3v) is 4.75. The molecule has 1 aliphatic heterocycles. The van der Waals surface area contributed by atoms with Crippen LogP contribution in [0.4, 0.5) is 5.82 Å². The number of H-pyrrole nitrogens is 1. The molecule has 0 aromatic carbocycles. The van der Waals surface area contributed by atoms with Crippen molar-refractivity contribution in [3.63, 3.8) is 0 Å². The highest BCUT2D eigenvalue weighted by atomic mass is 16.3. The Kier molecular flexibility index (Phi) is 4.11. The van der Waals surface area contributed by atoms with Crippen molar-refractivity contribution in [2.75, 3.05) is 25.4 Å². The van der Waals surface area contributed by atoms with Crippen LogP contribution in [0.3, 0.4) is 0 Å². The maximum atomic E-state index is 12.5.